The second-order valence-corrected chi connectivity index (χ2v) is 21.5. The summed E-state index contributed by atoms with van der Waals surface area (Å²) in [6.45, 7) is 28.5. The summed E-state index contributed by atoms with van der Waals surface area (Å²) in [5.74, 6) is 0. The van der Waals surface area contributed by atoms with Gasteiger partial charge in [0.1, 0.15) is 0 Å². The van der Waals surface area contributed by atoms with Crippen molar-refractivity contribution in [2.45, 2.75) is 125 Å². The van der Waals surface area contributed by atoms with E-state index in [4.69, 9.17) is 0 Å². The van der Waals surface area contributed by atoms with Gasteiger partial charge in [-0.15, -0.1) is 0 Å². The summed E-state index contributed by atoms with van der Waals surface area (Å²) < 4.78 is 0. The van der Waals surface area contributed by atoms with E-state index in [1.807, 2.05) is 0 Å². The van der Waals surface area contributed by atoms with Gasteiger partial charge in [-0.1, -0.05) is 121 Å². The van der Waals surface area contributed by atoms with Crippen LogP contribution in [0.25, 0.3) is 0 Å². The highest BCUT2D eigenvalue weighted by Gasteiger charge is 2.47. The first-order valence-corrected chi connectivity index (χ1v) is 23.4. The number of allylic oxidation sites excluding steroid dienone is 3. The Bertz CT molecular complexity index is 2860. The first kappa shape index (κ1) is 41.3. The van der Waals surface area contributed by atoms with E-state index in [2.05, 4.69) is 219 Å². The van der Waals surface area contributed by atoms with Crippen molar-refractivity contribution in [1.29, 1.82) is 0 Å². The van der Waals surface area contributed by atoms with Gasteiger partial charge in [0, 0.05) is 39.8 Å². The van der Waals surface area contributed by atoms with E-state index in [0.29, 0.717) is 0 Å². The van der Waals surface area contributed by atoms with Gasteiger partial charge in [-0.25, -0.2) is 0 Å². The molecule has 0 aromatic heterocycles. The molecular weight excluding hydrogens is 761 g/mol. The molecule has 4 heteroatoms. The lowest BCUT2D eigenvalue weighted by Crippen LogP contribution is -2.62. The van der Waals surface area contributed by atoms with Gasteiger partial charge in [-0.2, -0.15) is 0 Å². The molecule has 6 aromatic rings. The molecule has 2 aliphatic carbocycles. The van der Waals surface area contributed by atoms with Crippen molar-refractivity contribution >= 4 is 68.6 Å². The Balaban J connectivity index is 1.33. The normalized spacial score (nSPS) is 16.8. The molecule has 318 valence electrons. The van der Waals surface area contributed by atoms with E-state index in [9.17, 15) is 0 Å². The van der Waals surface area contributed by atoms with Gasteiger partial charge in [0.05, 0.1) is 11.4 Å². The molecule has 3 nitrogen and oxygen atoms in total. The Morgan fingerprint density at radius 3 is 1.73 bits per heavy atom. The average Bonchev–Trinajstić information content (AvgIpc) is 3.23. The minimum atomic E-state index is 0.0309. The smallest absolute Gasteiger partial charge is 0.252 e. The highest BCUT2D eigenvalue weighted by atomic mass is 15.2. The first-order valence-electron chi connectivity index (χ1n) is 23.4. The summed E-state index contributed by atoms with van der Waals surface area (Å²) in [6.07, 6.45) is 11.5. The van der Waals surface area contributed by atoms with Crippen LogP contribution in [-0.2, 0) is 16.2 Å². The van der Waals surface area contributed by atoms with Crippen LogP contribution in [0.2, 0.25) is 0 Å². The lowest BCUT2D eigenvalue weighted by Gasteiger charge is -2.48. The zero-order chi connectivity index (χ0) is 44.3. The third-order valence-electron chi connectivity index (χ3n) is 14.9. The Morgan fingerprint density at radius 2 is 1.14 bits per heavy atom. The third kappa shape index (κ3) is 6.61. The van der Waals surface area contributed by atoms with Crippen LogP contribution >= 0.6 is 0 Å². The van der Waals surface area contributed by atoms with Gasteiger partial charge in [0.2, 0.25) is 0 Å². The summed E-state index contributed by atoms with van der Waals surface area (Å²) in [5.41, 5.74) is 26.4. The molecule has 2 heterocycles. The molecule has 0 atom stereocenters. The SMILES string of the molecule is Cc1cc2c3c(c1)N(c1c(C)cccc1C)c1cc4c(cc1B3c1ccc(N(C3=CCCC=C3)c3ccccc3)cc1N2c1c(C)cc(C(C)(C)C)cc1C)C(C)(C)CCC4(C)C. The lowest BCUT2D eigenvalue weighted by molar-refractivity contribution is 0.332. The molecule has 10 rings (SSSR count). The van der Waals surface area contributed by atoms with Gasteiger partial charge >= 0.3 is 0 Å². The van der Waals surface area contributed by atoms with E-state index < -0.39 is 0 Å². The molecule has 4 aliphatic rings. The molecule has 0 saturated carbocycles. The number of rotatable bonds is 5. The maximum absolute atomic E-state index is 2.67. The molecule has 6 aromatic carbocycles. The van der Waals surface area contributed by atoms with Crippen molar-refractivity contribution < 1.29 is 0 Å². The second kappa shape index (κ2) is 14.7. The quantitative estimate of drug-likeness (QED) is 0.160. The maximum Gasteiger partial charge on any atom is 0.252 e. The van der Waals surface area contributed by atoms with Gasteiger partial charge < -0.3 is 14.7 Å². The number of para-hydroxylation sites is 2. The molecule has 0 bridgehead atoms. The molecule has 0 spiro atoms. The van der Waals surface area contributed by atoms with Crippen molar-refractivity contribution in [3.63, 3.8) is 0 Å². The summed E-state index contributed by atoms with van der Waals surface area (Å²) in [6, 6.07) is 40.3. The number of hydrogen-bond donors (Lipinski definition) is 0. The number of hydrogen-bond acceptors (Lipinski definition) is 3. The first-order chi connectivity index (χ1) is 29.9. The number of aryl methyl sites for hydroxylation is 5. The van der Waals surface area contributed by atoms with Gasteiger partial charge in [-0.05, 0) is 186 Å². The number of fused-ring (bicyclic) bond motifs is 5. The molecule has 0 fully saturated rings. The second-order valence-electron chi connectivity index (χ2n) is 21.5. The highest BCUT2D eigenvalue weighted by Crippen LogP contribution is 2.52. The monoisotopic (exact) mass is 826 g/mol. The zero-order valence-corrected chi connectivity index (χ0v) is 39.8. The minimum Gasteiger partial charge on any atom is -0.311 e. The zero-order valence-electron chi connectivity index (χ0n) is 39.8. The molecule has 63 heavy (non-hydrogen) atoms. The van der Waals surface area contributed by atoms with E-state index in [1.165, 1.54) is 125 Å². The van der Waals surface area contributed by atoms with Crippen LogP contribution in [0.4, 0.5) is 45.5 Å². The van der Waals surface area contributed by atoms with Crippen LogP contribution in [0.1, 0.15) is 119 Å². The van der Waals surface area contributed by atoms with E-state index in [1.54, 1.807) is 0 Å². The van der Waals surface area contributed by atoms with Gasteiger partial charge in [-0.3, -0.25) is 0 Å². The molecule has 2 aliphatic heterocycles. The average molecular weight is 826 g/mol. The number of nitrogens with zero attached hydrogens (tertiary/aromatic N) is 3. The largest absolute Gasteiger partial charge is 0.311 e. The van der Waals surface area contributed by atoms with Crippen molar-refractivity contribution in [2.24, 2.45) is 0 Å². The van der Waals surface area contributed by atoms with Crippen LogP contribution in [-0.4, -0.2) is 6.71 Å². The van der Waals surface area contributed by atoms with E-state index in [-0.39, 0.29) is 23.0 Å². The Labute approximate surface area is 378 Å². The summed E-state index contributed by atoms with van der Waals surface area (Å²) in [5, 5.41) is 0. The summed E-state index contributed by atoms with van der Waals surface area (Å²) in [7, 11) is 0. The number of benzene rings is 6. The van der Waals surface area contributed by atoms with Crippen LogP contribution in [0.15, 0.2) is 127 Å². The third-order valence-corrected chi connectivity index (χ3v) is 14.9. The van der Waals surface area contributed by atoms with E-state index >= 15 is 0 Å². The number of anilines is 8. The van der Waals surface area contributed by atoms with Crippen LogP contribution in [0.5, 0.6) is 0 Å². The van der Waals surface area contributed by atoms with Crippen molar-refractivity contribution in [2.75, 3.05) is 14.7 Å². The lowest BCUT2D eigenvalue weighted by atomic mass is 9.33. The van der Waals surface area contributed by atoms with Crippen LogP contribution < -0.4 is 31.1 Å². The minimum absolute atomic E-state index is 0.0309. The van der Waals surface area contributed by atoms with Crippen molar-refractivity contribution in [1.82, 2.24) is 0 Å². The van der Waals surface area contributed by atoms with E-state index in [0.717, 1.165) is 12.8 Å². The molecular formula is C59H64BN3. The predicted molar refractivity (Wildman–Crippen MR) is 273 cm³/mol. The molecule has 0 unspecified atom stereocenters. The highest BCUT2D eigenvalue weighted by molar-refractivity contribution is 7.00. The molecule has 0 N–H and O–H groups in total. The topological polar surface area (TPSA) is 9.72 Å². The Kier molecular flexibility index (Phi) is 9.61. The molecule has 0 saturated heterocycles. The fourth-order valence-corrected chi connectivity index (χ4v) is 11.5. The summed E-state index contributed by atoms with van der Waals surface area (Å²) in [4.78, 5) is 7.79. The Hall–Kier alpha value is -5.74. The Morgan fingerprint density at radius 1 is 0.556 bits per heavy atom. The van der Waals surface area contributed by atoms with Crippen LogP contribution in [0.3, 0.4) is 0 Å². The van der Waals surface area contributed by atoms with Gasteiger partial charge in [0.15, 0.2) is 0 Å². The maximum atomic E-state index is 2.67. The van der Waals surface area contributed by atoms with Gasteiger partial charge in [0.25, 0.3) is 6.71 Å². The van der Waals surface area contributed by atoms with Crippen LogP contribution in [0, 0.1) is 34.6 Å². The van der Waals surface area contributed by atoms with Crippen molar-refractivity contribution in [3.8, 4) is 0 Å². The predicted octanol–water partition coefficient (Wildman–Crippen LogP) is 14.3. The van der Waals surface area contributed by atoms with Crippen molar-refractivity contribution in [3.05, 3.63) is 172 Å². The fourth-order valence-electron chi connectivity index (χ4n) is 11.5. The molecule has 0 radical (unpaired) electrons. The fraction of sp³-hybridized carbons (Fsp3) is 0.322. The summed E-state index contributed by atoms with van der Waals surface area (Å²) >= 11 is 0. The molecule has 0 amide bonds. The standard InChI is InChI=1S/C59H64BN3/c1-37-30-52-54-53(31-37)63(55-38(2)20-19-21-39(55)3)51-36-47-46(58(9,10)28-29-59(47,11)12)35-49(51)60(54)48-27-26-45(61(43-22-15-13-16-23-43)44-24-17-14-18-25-44)34-50(48)62(52)56-40(4)32-42(33-41(56)5)57(6,7)8/h13,15-17,19-27,30-36H,14,18,28-29H2,1-12H3.